The zero-order valence-corrected chi connectivity index (χ0v) is 14.0. The summed E-state index contributed by atoms with van der Waals surface area (Å²) >= 11 is 3.35. The van der Waals surface area contributed by atoms with Crippen LogP contribution < -0.4 is 0 Å². The number of hydrogen-bond acceptors (Lipinski definition) is 4. The standard InChI is InChI=1S/C16H19BrO4/c1-4-21-15(19)16(3)7-13(17)14(18)6-12(16)5-11-9-20-8-10(11)2/h6,8-9,13H,4-5,7H2,1-3H3. The van der Waals surface area contributed by atoms with E-state index in [-0.39, 0.29) is 16.6 Å². The molecular formula is C16H19BrO4. The highest BCUT2D eigenvalue weighted by Gasteiger charge is 2.44. The van der Waals surface area contributed by atoms with Crippen LogP contribution in [0.1, 0.15) is 31.4 Å². The molecular weight excluding hydrogens is 336 g/mol. The molecule has 0 spiro atoms. The number of hydrogen-bond donors (Lipinski definition) is 0. The van der Waals surface area contributed by atoms with Gasteiger partial charge in [-0.2, -0.15) is 0 Å². The van der Waals surface area contributed by atoms with Gasteiger partial charge >= 0.3 is 5.97 Å². The molecule has 0 saturated carbocycles. The molecule has 0 radical (unpaired) electrons. The predicted octanol–water partition coefficient (Wildman–Crippen LogP) is 3.36. The first-order chi connectivity index (χ1) is 9.88. The second-order valence-electron chi connectivity index (χ2n) is 5.55. The largest absolute Gasteiger partial charge is 0.472 e. The van der Waals surface area contributed by atoms with Gasteiger partial charge in [-0.25, -0.2) is 0 Å². The minimum Gasteiger partial charge on any atom is -0.472 e. The first kappa shape index (κ1) is 16.0. The van der Waals surface area contributed by atoms with E-state index >= 15 is 0 Å². The zero-order chi connectivity index (χ0) is 15.6. The number of furan rings is 1. The third kappa shape index (κ3) is 3.12. The Morgan fingerprint density at radius 2 is 2.24 bits per heavy atom. The molecule has 1 aromatic rings. The molecule has 1 aliphatic carbocycles. The van der Waals surface area contributed by atoms with Crippen LogP contribution in [0.2, 0.25) is 0 Å². The van der Waals surface area contributed by atoms with Gasteiger partial charge in [0.05, 0.1) is 29.4 Å². The Morgan fingerprint density at radius 3 is 2.81 bits per heavy atom. The molecule has 0 N–H and O–H groups in total. The van der Waals surface area contributed by atoms with Gasteiger partial charge in [-0.15, -0.1) is 0 Å². The zero-order valence-electron chi connectivity index (χ0n) is 12.4. The van der Waals surface area contributed by atoms with Crippen LogP contribution in [0, 0.1) is 12.3 Å². The van der Waals surface area contributed by atoms with Crippen LogP contribution in [0.3, 0.4) is 0 Å². The topological polar surface area (TPSA) is 56.5 Å². The maximum absolute atomic E-state index is 12.4. The third-order valence-electron chi connectivity index (χ3n) is 3.99. The van der Waals surface area contributed by atoms with Crippen LogP contribution in [0.5, 0.6) is 0 Å². The van der Waals surface area contributed by atoms with Crippen LogP contribution in [0.15, 0.2) is 28.6 Å². The Hall–Kier alpha value is -1.36. The Morgan fingerprint density at radius 1 is 1.52 bits per heavy atom. The van der Waals surface area contributed by atoms with E-state index in [2.05, 4.69) is 15.9 Å². The van der Waals surface area contributed by atoms with E-state index in [9.17, 15) is 9.59 Å². The summed E-state index contributed by atoms with van der Waals surface area (Å²) in [6.07, 6.45) is 5.82. The highest BCUT2D eigenvalue weighted by molar-refractivity contribution is 9.10. The van der Waals surface area contributed by atoms with Crippen LogP contribution in [0.4, 0.5) is 0 Å². The highest BCUT2D eigenvalue weighted by atomic mass is 79.9. The Bertz CT molecular complexity index is 587. The second-order valence-corrected chi connectivity index (χ2v) is 6.66. The summed E-state index contributed by atoms with van der Waals surface area (Å²) in [5, 5.41) is 0. The van der Waals surface area contributed by atoms with Gasteiger partial charge in [0.2, 0.25) is 0 Å². The number of ketones is 1. The normalized spacial score (nSPS) is 25.6. The van der Waals surface area contributed by atoms with Crippen molar-refractivity contribution in [3.63, 3.8) is 0 Å². The molecule has 0 fully saturated rings. The molecule has 114 valence electrons. The van der Waals surface area contributed by atoms with E-state index in [0.29, 0.717) is 19.4 Å². The Kier molecular flexibility index (Phi) is 4.71. The predicted molar refractivity (Wildman–Crippen MR) is 82.3 cm³/mol. The average Bonchev–Trinajstić information content (AvgIpc) is 2.82. The van der Waals surface area contributed by atoms with Crippen molar-refractivity contribution >= 4 is 27.7 Å². The van der Waals surface area contributed by atoms with Crippen LogP contribution >= 0.6 is 15.9 Å². The fourth-order valence-electron chi connectivity index (χ4n) is 2.54. The summed E-state index contributed by atoms with van der Waals surface area (Å²) in [7, 11) is 0. The van der Waals surface area contributed by atoms with E-state index in [0.717, 1.165) is 16.7 Å². The lowest BCUT2D eigenvalue weighted by molar-refractivity contribution is -0.152. The summed E-state index contributed by atoms with van der Waals surface area (Å²) in [6.45, 7) is 5.89. The molecule has 1 aromatic heterocycles. The molecule has 0 bridgehead atoms. The Labute approximate surface area is 132 Å². The lowest BCUT2D eigenvalue weighted by Gasteiger charge is -2.34. The fraction of sp³-hybridized carbons (Fsp3) is 0.500. The summed E-state index contributed by atoms with van der Waals surface area (Å²) < 4.78 is 10.4. The molecule has 0 aromatic carbocycles. The summed E-state index contributed by atoms with van der Waals surface area (Å²) in [6, 6.07) is 0. The summed E-state index contributed by atoms with van der Waals surface area (Å²) in [5.74, 6) is -0.290. The lowest BCUT2D eigenvalue weighted by Crippen LogP contribution is -2.40. The van der Waals surface area contributed by atoms with Gasteiger partial charge in [0.25, 0.3) is 0 Å². The summed E-state index contributed by atoms with van der Waals surface area (Å²) in [5.41, 5.74) is 1.99. The Balaban J connectivity index is 2.37. The maximum atomic E-state index is 12.4. The smallest absolute Gasteiger partial charge is 0.315 e. The minimum absolute atomic E-state index is 0.00655. The first-order valence-corrected chi connectivity index (χ1v) is 7.88. The molecule has 0 saturated heterocycles. The number of halogens is 1. The number of carbonyl (C=O) groups is 2. The SMILES string of the molecule is CCOC(=O)C1(C)CC(Br)C(=O)C=C1Cc1cocc1C. The number of esters is 1. The van der Waals surface area contributed by atoms with Crippen LogP contribution in [0.25, 0.3) is 0 Å². The van der Waals surface area contributed by atoms with E-state index in [4.69, 9.17) is 9.15 Å². The van der Waals surface area contributed by atoms with Gasteiger partial charge in [-0.3, -0.25) is 9.59 Å². The molecule has 4 nitrogen and oxygen atoms in total. The van der Waals surface area contributed by atoms with E-state index in [1.807, 2.05) is 13.8 Å². The number of ether oxygens (including phenoxy) is 1. The van der Waals surface area contributed by atoms with Gasteiger partial charge in [0.15, 0.2) is 5.78 Å². The number of rotatable bonds is 4. The van der Waals surface area contributed by atoms with E-state index in [1.165, 1.54) is 0 Å². The molecule has 5 heteroatoms. The molecule has 2 rings (SSSR count). The summed E-state index contributed by atoms with van der Waals surface area (Å²) in [4.78, 5) is 24.0. The number of alkyl halides is 1. The van der Waals surface area contributed by atoms with Crippen molar-refractivity contribution in [2.75, 3.05) is 6.61 Å². The first-order valence-electron chi connectivity index (χ1n) is 6.96. The molecule has 0 aliphatic heterocycles. The molecule has 1 aliphatic rings. The number of allylic oxidation sites excluding steroid dienone is 1. The third-order valence-corrected chi connectivity index (χ3v) is 4.76. The van der Waals surface area contributed by atoms with Crippen molar-refractivity contribution in [3.05, 3.63) is 35.3 Å². The molecule has 1 heterocycles. The minimum atomic E-state index is -0.790. The monoisotopic (exact) mass is 354 g/mol. The number of aryl methyl sites for hydroxylation is 1. The van der Waals surface area contributed by atoms with Crippen molar-refractivity contribution in [3.8, 4) is 0 Å². The van der Waals surface area contributed by atoms with Crippen molar-refractivity contribution in [2.24, 2.45) is 5.41 Å². The molecule has 0 amide bonds. The van der Waals surface area contributed by atoms with Crippen molar-refractivity contribution < 1.29 is 18.7 Å². The maximum Gasteiger partial charge on any atom is 0.315 e. The van der Waals surface area contributed by atoms with Gasteiger partial charge in [-0.1, -0.05) is 15.9 Å². The lowest BCUT2D eigenvalue weighted by atomic mass is 9.71. The van der Waals surface area contributed by atoms with Crippen molar-refractivity contribution in [1.82, 2.24) is 0 Å². The van der Waals surface area contributed by atoms with Gasteiger partial charge < -0.3 is 9.15 Å². The van der Waals surface area contributed by atoms with Gasteiger partial charge in [0, 0.05) is 0 Å². The van der Waals surface area contributed by atoms with Gasteiger partial charge in [0.1, 0.15) is 0 Å². The second kappa shape index (κ2) is 6.18. The van der Waals surface area contributed by atoms with Gasteiger partial charge in [-0.05, 0) is 56.4 Å². The van der Waals surface area contributed by atoms with E-state index < -0.39 is 5.41 Å². The molecule has 2 atom stereocenters. The quantitative estimate of drug-likeness (QED) is 0.614. The van der Waals surface area contributed by atoms with Crippen molar-refractivity contribution in [1.29, 1.82) is 0 Å². The molecule has 21 heavy (non-hydrogen) atoms. The van der Waals surface area contributed by atoms with Crippen molar-refractivity contribution in [2.45, 2.75) is 38.4 Å². The number of carbonyl (C=O) groups excluding carboxylic acids is 2. The molecule has 2 unspecified atom stereocenters. The van der Waals surface area contributed by atoms with Crippen LogP contribution in [-0.2, 0) is 20.7 Å². The van der Waals surface area contributed by atoms with Crippen LogP contribution in [-0.4, -0.2) is 23.2 Å². The highest BCUT2D eigenvalue weighted by Crippen LogP contribution is 2.41. The fourth-order valence-corrected chi connectivity index (χ4v) is 3.32. The van der Waals surface area contributed by atoms with E-state index in [1.54, 1.807) is 25.5 Å². The average molecular weight is 355 g/mol.